The van der Waals surface area contributed by atoms with Gasteiger partial charge in [0.25, 0.3) is 0 Å². The predicted octanol–water partition coefficient (Wildman–Crippen LogP) is 3.50. The zero-order valence-corrected chi connectivity index (χ0v) is 13.2. The summed E-state index contributed by atoms with van der Waals surface area (Å²) in [6, 6.07) is 5.94. The summed E-state index contributed by atoms with van der Waals surface area (Å²) in [6.07, 6.45) is 7.48. The molecule has 1 fully saturated rings. The Morgan fingerprint density at radius 1 is 1.23 bits per heavy atom. The average molecular weight is 300 g/mol. The van der Waals surface area contributed by atoms with E-state index in [1.165, 1.54) is 31.2 Å². The quantitative estimate of drug-likeness (QED) is 0.928. The molecule has 4 nitrogen and oxygen atoms in total. The van der Waals surface area contributed by atoms with Crippen molar-refractivity contribution in [1.29, 1.82) is 0 Å². The van der Waals surface area contributed by atoms with Crippen LogP contribution in [0.3, 0.4) is 0 Å². The van der Waals surface area contributed by atoms with Gasteiger partial charge >= 0.3 is 0 Å². The molecule has 4 heteroatoms. The van der Waals surface area contributed by atoms with Crippen LogP contribution >= 0.6 is 0 Å². The maximum absolute atomic E-state index is 12.2. The van der Waals surface area contributed by atoms with Crippen LogP contribution in [-0.2, 0) is 16.0 Å². The molecule has 2 aliphatic rings. The third kappa shape index (κ3) is 3.32. The van der Waals surface area contributed by atoms with Gasteiger partial charge < -0.3 is 10.2 Å². The maximum atomic E-state index is 12.2. The van der Waals surface area contributed by atoms with E-state index in [-0.39, 0.29) is 11.8 Å². The second-order valence-corrected chi connectivity index (χ2v) is 6.52. The molecule has 0 spiro atoms. The van der Waals surface area contributed by atoms with Crippen molar-refractivity contribution in [1.82, 2.24) is 0 Å². The molecule has 1 aromatic rings. The molecule has 1 heterocycles. The van der Waals surface area contributed by atoms with E-state index in [1.807, 2.05) is 23.1 Å². The molecule has 1 saturated carbocycles. The van der Waals surface area contributed by atoms with Crippen molar-refractivity contribution in [2.24, 2.45) is 5.92 Å². The number of nitrogens with zero attached hydrogens (tertiary/aromatic N) is 1. The Kier molecular flexibility index (Phi) is 4.46. The fraction of sp³-hybridized carbons (Fsp3) is 0.556. The van der Waals surface area contributed by atoms with Crippen molar-refractivity contribution in [2.45, 2.75) is 51.9 Å². The molecule has 0 aromatic heterocycles. The van der Waals surface area contributed by atoms with Crippen LogP contribution in [0.4, 0.5) is 11.4 Å². The first-order valence-electron chi connectivity index (χ1n) is 8.34. The van der Waals surface area contributed by atoms with Crippen molar-refractivity contribution < 1.29 is 9.59 Å². The van der Waals surface area contributed by atoms with Crippen molar-refractivity contribution >= 4 is 23.2 Å². The summed E-state index contributed by atoms with van der Waals surface area (Å²) >= 11 is 0. The highest BCUT2D eigenvalue weighted by Crippen LogP contribution is 2.31. The second kappa shape index (κ2) is 6.51. The molecule has 22 heavy (non-hydrogen) atoms. The van der Waals surface area contributed by atoms with Crippen LogP contribution in [0.5, 0.6) is 0 Å². The van der Waals surface area contributed by atoms with E-state index in [1.54, 1.807) is 6.92 Å². The molecule has 1 N–H and O–H groups in total. The van der Waals surface area contributed by atoms with E-state index >= 15 is 0 Å². The summed E-state index contributed by atoms with van der Waals surface area (Å²) in [5, 5.41) is 3.00. The van der Waals surface area contributed by atoms with Crippen LogP contribution in [0.1, 0.15) is 51.0 Å². The lowest BCUT2D eigenvalue weighted by atomic mass is 10.0. The molecule has 3 rings (SSSR count). The standard InChI is InChI=1S/C18H24N2O2/c1-13(21)20-10-4-7-15-8-9-16(12-17(15)20)19-18(22)11-14-5-2-3-6-14/h8-9,12,14H,2-7,10-11H2,1H3,(H,19,22). The van der Waals surface area contributed by atoms with Gasteiger partial charge in [0.05, 0.1) is 0 Å². The molecule has 1 aliphatic carbocycles. The Labute approximate surface area is 131 Å². The molecule has 0 unspecified atom stereocenters. The van der Waals surface area contributed by atoms with E-state index in [9.17, 15) is 9.59 Å². The van der Waals surface area contributed by atoms with Crippen LogP contribution in [0.2, 0.25) is 0 Å². The molecule has 0 radical (unpaired) electrons. The predicted molar refractivity (Wildman–Crippen MR) is 88.0 cm³/mol. The first kappa shape index (κ1) is 15.1. The number of benzene rings is 1. The van der Waals surface area contributed by atoms with Crippen molar-refractivity contribution in [3.63, 3.8) is 0 Å². The SMILES string of the molecule is CC(=O)N1CCCc2ccc(NC(=O)CC3CCCC3)cc21. The monoisotopic (exact) mass is 300 g/mol. The number of hydrogen-bond acceptors (Lipinski definition) is 2. The Bertz CT molecular complexity index is 576. The number of nitrogens with one attached hydrogen (secondary N) is 1. The number of amides is 2. The van der Waals surface area contributed by atoms with Crippen LogP contribution < -0.4 is 10.2 Å². The van der Waals surface area contributed by atoms with Crippen molar-refractivity contribution in [2.75, 3.05) is 16.8 Å². The van der Waals surface area contributed by atoms with Gasteiger partial charge in [-0.1, -0.05) is 18.9 Å². The molecular formula is C18H24N2O2. The molecule has 0 bridgehead atoms. The highest BCUT2D eigenvalue weighted by atomic mass is 16.2. The van der Waals surface area contributed by atoms with Crippen LogP contribution in [0.25, 0.3) is 0 Å². The van der Waals surface area contributed by atoms with Gasteiger partial charge in [0.2, 0.25) is 11.8 Å². The van der Waals surface area contributed by atoms with Gasteiger partial charge in [-0.25, -0.2) is 0 Å². The first-order valence-corrected chi connectivity index (χ1v) is 8.34. The normalized spacial score (nSPS) is 18.1. The van der Waals surface area contributed by atoms with Gasteiger partial charge in [-0.3, -0.25) is 9.59 Å². The van der Waals surface area contributed by atoms with Crippen LogP contribution in [0, 0.1) is 5.92 Å². The molecule has 118 valence electrons. The van der Waals surface area contributed by atoms with E-state index in [2.05, 4.69) is 5.32 Å². The van der Waals surface area contributed by atoms with E-state index in [0.717, 1.165) is 30.8 Å². The van der Waals surface area contributed by atoms with Gasteiger partial charge in [-0.2, -0.15) is 0 Å². The van der Waals surface area contributed by atoms with E-state index < -0.39 is 0 Å². The lowest BCUT2D eigenvalue weighted by molar-refractivity contribution is -0.117. The third-order valence-corrected chi connectivity index (χ3v) is 4.82. The Balaban J connectivity index is 1.70. The van der Waals surface area contributed by atoms with Gasteiger partial charge in [0, 0.05) is 31.3 Å². The second-order valence-electron chi connectivity index (χ2n) is 6.52. The molecule has 1 aliphatic heterocycles. The van der Waals surface area contributed by atoms with Gasteiger partial charge in [-0.15, -0.1) is 0 Å². The van der Waals surface area contributed by atoms with E-state index in [4.69, 9.17) is 0 Å². The lowest BCUT2D eigenvalue weighted by Crippen LogP contribution is -2.33. The summed E-state index contributed by atoms with van der Waals surface area (Å²) in [6.45, 7) is 2.36. The fourth-order valence-corrected chi connectivity index (χ4v) is 3.67. The number of hydrogen-bond donors (Lipinski definition) is 1. The van der Waals surface area contributed by atoms with Crippen LogP contribution in [-0.4, -0.2) is 18.4 Å². The molecule has 1 aromatic carbocycles. The Hall–Kier alpha value is -1.84. The number of anilines is 2. The zero-order chi connectivity index (χ0) is 15.5. The maximum Gasteiger partial charge on any atom is 0.224 e. The largest absolute Gasteiger partial charge is 0.326 e. The highest BCUT2D eigenvalue weighted by molar-refractivity contribution is 5.95. The Morgan fingerprint density at radius 3 is 2.73 bits per heavy atom. The van der Waals surface area contributed by atoms with Crippen LogP contribution in [0.15, 0.2) is 18.2 Å². The summed E-state index contributed by atoms with van der Waals surface area (Å²) in [7, 11) is 0. The summed E-state index contributed by atoms with van der Waals surface area (Å²) in [5.41, 5.74) is 2.95. The molecule has 0 atom stereocenters. The van der Waals surface area contributed by atoms with E-state index in [0.29, 0.717) is 12.3 Å². The summed E-state index contributed by atoms with van der Waals surface area (Å²) in [4.78, 5) is 25.7. The number of carbonyl (C=O) groups excluding carboxylic acids is 2. The van der Waals surface area contributed by atoms with Gasteiger partial charge in [-0.05, 0) is 49.3 Å². The minimum absolute atomic E-state index is 0.0652. The number of aryl methyl sites for hydroxylation is 1. The smallest absolute Gasteiger partial charge is 0.224 e. The Morgan fingerprint density at radius 2 is 2.00 bits per heavy atom. The fourth-order valence-electron chi connectivity index (χ4n) is 3.67. The zero-order valence-electron chi connectivity index (χ0n) is 13.2. The van der Waals surface area contributed by atoms with Gasteiger partial charge in [0.1, 0.15) is 0 Å². The number of fused-ring (bicyclic) bond motifs is 1. The number of carbonyl (C=O) groups is 2. The minimum Gasteiger partial charge on any atom is -0.326 e. The summed E-state index contributed by atoms with van der Waals surface area (Å²) in [5.74, 6) is 0.707. The topological polar surface area (TPSA) is 49.4 Å². The molecular weight excluding hydrogens is 276 g/mol. The highest BCUT2D eigenvalue weighted by Gasteiger charge is 2.21. The number of rotatable bonds is 3. The van der Waals surface area contributed by atoms with Crippen molar-refractivity contribution in [3.05, 3.63) is 23.8 Å². The molecule has 0 saturated heterocycles. The van der Waals surface area contributed by atoms with Gasteiger partial charge in [0.15, 0.2) is 0 Å². The molecule has 2 amide bonds. The average Bonchev–Trinajstić information content (AvgIpc) is 2.99. The third-order valence-electron chi connectivity index (χ3n) is 4.82. The minimum atomic E-state index is 0.0652. The lowest BCUT2D eigenvalue weighted by Gasteiger charge is -2.29. The first-order chi connectivity index (χ1) is 10.6. The van der Waals surface area contributed by atoms with Crippen molar-refractivity contribution in [3.8, 4) is 0 Å². The summed E-state index contributed by atoms with van der Waals surface area (Å²) < 4.78 is 0.